The zero-order valence-electron chi connectivity index (χ0n) is 12.2. The molecule has 3 nitrogen and oxygen atoms in total. The highest BCUT2D eigenvalue weighted by molar-refractivity contribution is 5.31. The normalized spacial score (nSPS) is 12.1. The van der Waals surface area contributed by atoms with Crippen LogP contribution < -0.4 is 10.1 Å². The first-order valence-electron chi connectivity index (χ1n) is 7.12. The zero-order chi connectivity index (χ0) is 14.2. The average Bonchev–Trinajstić information content (AvgIpc) is 2.48. The third-order valence-corrected chi connectivity index (χ3v) is 3.34. The lowest BCUT2D eigenvalue weighted by atomic mass is 10.1. The van der Waals surface area contributed by atoms with Crippen molar-refractivity contribution in [2.45, 2.75) is 32.2 Å². The Balaban J connectivity index is 1.91. The molecule has 1 aromatic carbocycles. The van der Waals surface area contributed by atoms with Crippen molar-refractivity contribution in [2.75, 3.05) is 7.05 Å². The molecule has 1 N–H and O–H groups in total. The molecule has 0 fully saturated rings. The van der Waals surface area contributed by atoms with Gasteiger partial charge in [-0.2, -0.15) is 0 Å². The van der Waals surface area contributed by atoms with Gasteiger partial charge >= 0.3 is 0 Å². The van der Waals surface area contributed by atoms with E-state index in [2.05, 4.69) is 23.3 Å². The number of hydrogen-bond donors (Lipinski definition) is 1. The van der Waals surface area contributed by atoms with Gasteiger partial charge in [0.05, 0.1) is 6.20 Å². The van der Waals surface area contributed by atoms with Gasteiger partial charge in [0, 0.05) is 12.2 Å². The number of aryl methyl sites for hydroxylation is 1. The minimum absolute atomic E-state index is 0.562. The van der Waals surface area contributed by atoms with Crippen LogP contribution in [0.25, 0.3) is 0 Å². The van der Waals surface area contributed by atoms with Crippen LogP contribution >= 0.6 is 0 Å². The monoisotopic (exact) mass is 270 g/mol. The molecule has 106 valence electrons. The Morgan fingerprint density at radius 1 is 1.15 bits per heavy atom. The number of benzene rings is 1. The predicted octanol–water partition coefficient (Wildman–Crippen LogP) is 3.80. The molecule has 0 unspecified atom stereocenters. The van der Waals surface area contributed by atoms with Crippen LogP contribution in [0, 0.1) is 0 Å². The van der Waals surface area contributed by atoms with Crippen molar-refractivity contribution in [3.05, 3.63) is 54.4 Å². The average molecular weight is 270 g/mol. The Morgan fingerprint density at radius 2 is 1.95 bits per heavy atom. The molecular formula is C17H22N2O. The molecule has 0 radical (unpaired) electrons. The van der Waals surface area contributed by atoms with Crippen LogP contribution in [0.15, 0.2) is 48.8 Å². The first-order chi connectivity index (χ1) is 9.78. The van der Waals surface area contributed by atoms with Gasteiger partial charge < -0.3 is 10.1 Å². The van der Waals surface area contributed by atoms with Gasteiger partial charge in [0.1, 0.15) is 11.5 Å². The highest BCUT2D eigenvalue weighted by Gasteiger charge is 2.02. The second kappa shape index (κ2) is 7.65. The molecule has 0 bridgehead atoms. The van der Waals surface area contributed by atoms with Gasteiger partial charge in [-0.25, -0.2) is 0 Å². The zero-order valence-corrected chi connectivity index (χ0v) is 12.2. The number of ether oxygens (including phenoxy) is 1. The maximum Gasteiger partial charge on any atom is 0.145 e. The number of nitrogens with zero attached hydrogens (tertiary/aromatic N) is 1. The van der Waals surface area contributed by atoms with E-state index in [-0.39, 0.29) is 0 Å². The standard InChI is InChI=1S/C17H22N2O/c1-14(18-2)7-6-8-15-11-17(13-19-12-15)20-16-9-4-3-5-10-16/h3-5,9-14,18H,6-8H2,1-2H3/t14-/m0/s1. The van der Waals surface area contributed by atoms with Gasteiger partial charge in [0.2, 0.25) is 0 Å². The van der Waals surface area contributed by atoms with Crippen LogP contribution in [0.2, 0.25) is 0 Å². The summed E-state index contributed by atoms with van der Waals surface area (Å²) in [4.78, 5) is 4.26. The van der Waals surface area contributed by atoms with E-state index in [1.54, 1.807) is 6.20 Å². The summed E-state index contributed by atoms with van der Waals surface area (Å²) in [6, 6.07) is 12.4. The molecule has 1 heterocycles. The van der Waals surface area contributed by atoms with E-state index < -0.39 is 0 Å². The Morgan fingerprint density at radius 3 is 2.70 bits per heavy atom. The van der Waals surface area contributed by atoms with Crippen LogP contribution in [0.4, 0.5) is 0 Å². The molecule has 0 aliphatic heterocycles. The van der Waals surface area contributed by atoms with Gasteiger partial charge in [-0.1, -0.05) is 18.2 Å². The third-order valence-electron chi connectivity index (χ3n) is 3.34. The molecule has 0 aliphatic rings. The SMILES string of the molecule is CN[C@@H](C)CCCc1cncc(Oc2ccccc2)c1. The van der Waals surface area contributed by atoms with Crippen LogP contribution in [0.3, 0.4) is 0 Å². The van der Waals surface area contributed by atoms with E-state index in [1.165, 1.54) is 12.0 Å². The fourth-order valence-corrected chi connectivity index (χ4v) is 2.04. The summed E-state index contributed by atoms with van der Waals surface area (Å²) in [6.07, 6.45) is 7.03. The number of nitrogens with one attached hydrogen (secondary N) is 1. The highest BCUT2D eigenvalue weighted by atomic mass is 16.5. The van der Waals surface area contributed by atoms with E-state index in [4.69, 9.17) is 4.74 Å². The minimum atomic E-state index is 0.562. The lowest BCUT2D eigenvalue weighted by Gasteiger charge is -2.10. The maximum absolute atomic E-state index is 5.79. The molecule has 1 aromatic heterocycles. The molecular weight excluding hydrogens is 248 g/mol. The first-order valence-corrected chi connectivity index (χ1v) is 7.12. The van der Waals surface area contributed by atoms with Gasteiger partial charge in [-0.05, 0) is 57.0 Å². The van der Waals surface area contributed by atoms with Crippen LogP contribution in [0.5, 0.6) is 11.5 Å². The summed E-state index contributed by atoms with van der Waals surface area (Å²) in [6.45, 7) is 2.20. The number of rotatable bonds is 7. The van der Waals surface area contributed by atoms with E-state index in [0.717, 1.165) is 24.3 Å². The number of aromatic nitrogens is 1. The van der Waals surface area contributed by atoms with Crippen LogP contribution in [-0.2, 0) is 6.42 Å². The summed E-state index contributed by atoms with van der Waals surface area (Å²) < 4.78 is 5.79. The summed E-state index contributed by atoms with van der Waals surface area (Å²) in [5.74, 6) is 1.64. The van der Waals surface area contributed by atoms with Crippen molar-refractivity contribution >= 4 is 0 Å². The molecule has 20 heavy (non-hydrogen) atoms. The molecule has 0 saturated carbocycles. The Labute approximate surface area is 121 Å². The third kappa shape index (κ3) is 4.67. The maximum atomic E-state index is 5.79. The number of para-hydroxylation sites is 1. The van der Waals surface area contributed by atoms with Gasteiger partial charge in [-0.15, -0.1) is 0 Å². The molecule has 0 saturated heterocycles. The summed E-state index contributed by atoms with van der Waals surface area (Å²) in [5.41, 5.74) is 1.22. The van der Waals surface area contributed by atoms with Crippen molar-refractivity contribution in [2.24, 2.45) is 0 Å². The van der Waals surface area contributed by atoms with Crippen LogP contribution in [-0.4, -0.2) is 18.1 Å². The second-order valence-corrected chi connectivity index (χ2v) is 5.03. The minimum Gasteiger partial charge on any atom is -0.456 e. The molecule has 2 aromatic rings. The smallest absolute Gasteiger partial charge is 0.145 e. The Kier molecular flexibility index (Phi) is 5.56. The van der Waals surface area contributed by atoms with Crippen molar-refractivity contribution in [1.82, 2.24) is 10.3 Å². The lowest BCUT2D eigenvalue weighted by Crippen LogP contribution is -2.20. The quantitative estimate of drug-likeness (QED) is 0.831. The fraction of sp³-hybridized carbons (Fsp3) is 0.353. The molecule has 0 spiro atoms. The lowest BCUT2D eigenvalue weighted by molar-refractivity contribution is 0.479. The van der Waals surface area contributed by atoms with E-state index in [0.29, 0.717) is 6.04 Å². The largest absolute Gasteiger partial charge is 0.456 e. The fourth-order valence-electron chi connectivity index (χ4n) is 2.04. The predicted molar refractivity (Wildman–Crippen MR) is 82.2 cm³/mol. The van der Waals surface area contributed by atoms with Crippen molar-refractivity contribution in [3.63, 3.8) is 0 Å². The highest BCUT2D eigenvalue weighted by Crippen LogP contribution is 2.21. The molecule has 2 rings (SSSR count). The van der Waals surface area contributed by atoms with Gasteiger partial charge in [0.25, 0.3) is 0 Å². The van der Waals surface area contributed by atoms with Crippen molar-refractivity contribution in [3.8, 4) is 11.5 Å². The first kappa shape index (κ1) is 14.5. The van der Waals surface area contributed by atoms with E-state index in [1.807, 2.05) is 43.6 Å². The second-order valence-electron chi connectivity index (χ2n) is 5.03. The number of pyridine rings is 1. The van der Waals surface area contributed by atoms with E-state index >= 15 is 0 Å². The number of hydrogen-bond acceptors (Lipinski definition) is 3. The molecule has 3 heteroatoms. The Hall–Kier alpha value is -1.87. The summed E-state index contributed by atoms with van der Waals surface area (Å²) in [7, 11) is 2.00. The van der Waals surface area contributed by atoms with E-state index in [9.17, 15) is 0 Å². The summed E-state index contributed by atoms with van der Waals surface area (Å²) >= 11 is 0. The molecule has 1 atom stereocenters. The van der Waals surface area contributed by atoms with Gasteiger partial charge in [0.15, 0.2) is 0 Å². The molecule has 0 aliphatic carbocycles. The topological polar surface area (TPSA) is 34.2 Å². The van der Waals surface area contributed by atoms with Gasteiger partial charge in [-0.3, -0.25) is 4.98 Å². The van der Waals surface area contributed by atoms with Crippen molar-refractivity contribution < 1.29 is 4.74 Å². The van der Waals surface area contributed by atoms with Crippen LogP contribution in [0.1, 0.15) is 25.3 Å². The molecule has 0 amide bonds. The summed E-state index contributed by atoms with van der Waals surface area (Å²) in [5, 5.41) is 3.25. The van der Waals surface area contributed by atoms with Crippen molar-refractivity contribution in [1.29, 1.82) is 0 Å². The Bertz CT molecular complexity index is 513.